The maximum Gasteiger partial charge on any atom is 0.261 e. The van der Waals surface area contributed by atoms with E-state index in [1.807, 2.05) is 31.2 Å². The highest BCUT2D eigenvalue weighted by molar-refractivity contribution is 6.30. The molecule has 0 aliphatic heterocycles. The molecule has 2 atom stereocenters. The molecule has 2 aromatic rings. The molecule has 5 heteroatoms. The molecule has 0 aliphatic carbocycles. The molecule has 0 unspecified atom stereocenters. The molecule has 0 spiro atoms. The van der Waals surface area contributed by atoms with Crippen molar-refractivity contribution in [3.8, 4) is 11.5 Å². The average Bonchev–Trinajstić information content (AvgIpc) is 2.56. The SMILES string of the molecule is COc1ccc([C@H](C)NC(=O)[C@H](C)Oc2ccc(Cl)cc2)cc1. The van der Waals surface area contributed by atoms with Crippen molar-refractivity contribution in [2.45, 2.75) is 26.0 Å². The van der Waals surface area contributed by atoms with Gasteiger partial charge in [0.15, 0.2) is 6.10 Å². The summed E-state index contributed by atoms with van der Waals surface area (Å²) in [6.45, 7) is 3.64. The van der Waals surface area contributed by atoms with Gasteiger partial charge in [0.2, 0.25) is 0 Å². The van der Waals surface area contributed by atoms with Gasteiger partial charge in [-0.05, 0) is 55.8 Å². The van der Waals surface area contributed by atoms with Crippen LogP contribution in [0.4, 0.5) is 0 Å². The highest BCUT2D eigenvalue weighted by atomic mass is 35.5. The second kappa shape index (κ2) is 7.88. The van der Waals surface area contributed by atoms with Crippen LogP contribution in [0.3, 0.4) is 0 Å². The molecule has 0 heterocycles. The lowest BCUT2D eigenvalue weighted by Crippen LogP contribution is -2.37. The van der Waals surface area contributed by atoms with E-state index in [0.717, 1.165) is 11.3 Å². The van der Waals surface area contributed by atoms with Crippen LogP contribution in [0.5, 0.6) is 11.5 Å². The lowest BCUT2D eigenvalue weighted by Gasteiger charge is -2.19. The number of nitrogens with one attached hydrogen (secondary N) is 1. The van der Waals surface area contributed by atoms with Gasteiger partial charge in [-0.25, -0.2) is 0 Å². The highest BCUT2D eigenvalue weighted by Gasteiger charge is 2.17. The lowest BCUT2D eigenvalue weighted by atomic mass is 10.1. The normalized spacial score (nSPS) is 13.0. The minimum Gasteiger partial charge on any atom is -0.497 e. The van der Waals surface area contributed by atoms with Gasteiger partial charge in [-0.2, -0.15) is 0 Å². The summed E-state index contributed by atoms with van der Waals surface area (Å²) in [6.07, 6.45) is -0.600. The van der Waals surface area contributed by atoms with Gasteiger partial charge >= 0.3 is 0 Å². The average molecular weight is 334 g/mol. The summed E-state index contributed by atoms with van der Waals surface area (Å²) >= 11 is 5.83. The highest BCUT2D eigenvalue weighted by Crippen LogP contribution is 2.19. The van der Waals surface area contributed by atoms with E-state index >= 15 is 0 Å². The van der Waals surface area contributed by atoms with Gasteiger partial charge < -0.3 is 14.8 Å². The quantitative estimate of drug-likeness (QED) is 0.869. The number of hydrogen-bond donors (Lipinski definition) is 1. The zero-order valence-electron chi connectivity index (χ0n) is 13.4. The molecule has 0 saturated carbocycles. The molecule has 0 aliphatic rings. The number of methoxy groups -OCH3 is 1. The van der Waals surface area contributed by atoms with Crippen molar-refractivity contribution in [2.75, 3.05) is 7.11 Å². The molecule has 1 amide bonds. The zero-order valence-corrected chi connectivity index (χ0v) is 14.1. The molecule has 4 nitrogen and oxygen atoms in total. The number of amides is 1. The summed E-state index contributed by atoms with van der Waals surface area (Å²) < 4.78 is 10.7. The van der Waals surface area contributed by atoms with Crippen molar-refractivity contribution >= 4 is 17.5 Å². The Morgan fingerprint density at radius 1 is 1.00 bits per heavy atom. The standard InChI is InChI=1S/C18H20ClNO3/c1-12(14-4-8-16(22-3)9-5-14)20-18(21)13(2)23-17-10-6-15(19)7-11-17/h4-13H,1-3H3,(H,20,21)/t12-,13-/m0/s1. The van der Waals surface area contributed by atoms with E-state index in [-0.39, 0.29) is 11.9 Å². The van der Waals surface area contributed by atoms with Crippen LogP contribution in [-0.2, 0) is 4.79 Å². The summed E-state index contributed by atoms with van der Waals surface area (Å²) in [7, 11) is 1.62. The molecule has 23 heavy (non-hydrogen) atoms. The Balaban J connectivity index is 1.92. The van der Waals surface area contributed by atoms with Gasteiger partial charge in [0.05, 0.1) is 13.2 Å². The number of carbonyl (C=O) groups excluding carboxylic acids is 1. The van der Waals surface area contributed by atoms with E-state index in [0.29, 0.717) is 10.8 Å². The second-order valence-corrected chi connectivity index (χ2v) is 5.65. The number of hydrogen-bond acceptors (Lipinski definition) is 3. The van der Waals surface area contributed by atoms with E-state index in [4.69, 9.17) is 21.1 Å². The first-order valence-corrected chi connectivity index (χ1v) is 7.74. The van der Waals surface area contributed by atoms with E-state index in [1.54, 1.807) is 38.3 Å². The van der Waals surface area contributed by atoms with Gasteiger partial charge in [-0.1, -0.05) is 23.7 Å². The molecule has 0 fully saturated rings. The Bertz CT molecular complexity index is 640. The first-order valence-electron chi connectivity index (χ1n) is 7.36. The van der Waals surface area contributed by atoms with E-state index in [2.05, 4.69) is 5.32 Å². The van der Waals surface area contributed by atoms with E-state index in [1.165, 1.54) is 0 Å². The van der Waals surface area contributed by atoms with Crippen molar-refractivity contribution in [2.24, 2.45) is 0 Å². The van der Waals surface area contributed by atoms with Crippen LogP contribution in [0, 0.1) is 0 Å². The van der Waals surface area contributed by atoms with Crippen molar-refractivity contribution in [3.05, 3.63) is 59.1 Å². The molecular weight excluding hydrogens is 314 g/mol. The van der Waals surface area contributed by atoms with Gasteiger partial charge in [0, 0.05) is 5.02 Å². The molecule has 2 rings (SSSR count). The third-order valence-electron chi connectivity index (χ3n) is 3.47. The summed E-state index contributed by atoms with van der Waals surface area (Å²) in [5, 5.41) is 3.56. The van der Waals surface area contributed by atoms with Gasteiger partial charge in [-0.3, -0.25) is 4.79 Å². The summed E-state index contributed by atoms with van der Waals surface area (Å²) in [5.74, 6) is 1.21. The topological polar surface area (TPSA) is 47.6 Å². The zero-order chi connectivity index (χ0) is 16.8. The molecule has 0 saturated heterocycles. The Labute approximate surface area is 141 Å². The fourth-order valence-electron chi connectivity index (χ4n) is 2.08. The molecule has 1 N–H and O–H groups in total. The summed E-state index contributed by atoms with van der Waals surface area (Å²) in [6, 6.07) is 14.4. The molecule has 0 radical (unpaired) electrons. The third-order valence-corrected chi connectivity index (χ3v) is 3.72. The van der Waals surface area contributed by atoms with Crippen molar-refractivity contribution in [1.82, 2.24) is 5.32 Å². The Morgan fingerprint density at radius 3 is 2.13 bits per heavy atom. The number of carbonyl (C=O) groups is 1. The van der Waals surface area contributed by atoms with E-state index < -0.39 is 6.10 Å². The minimum absolute atomic E-state index is 0.121. The molecule has 122 valence electrons. The predicted molar refractivity (Wildman–Crippen MR) is 91.1 cm³/mol. The first kappa shape index (κ1) is 17.2. The lowest BCUT2D eigenvalue weighted by molar-refractivity contribution is -0.127. The van der Waals surface area contributed by atoms with Gasteiger partial charge in [0.1, 0.15) is 11.5 Å². The minimum atomic E-state index is -0.600. The van der Waals surface area contributed by atoms with Crippen molar-refractivity contribution in [3.63, 3.8) is 0 Å². The summed E-state index contributed by atoms with van der Waals surface area (Å²) in [5.41, 5.74) is 0.998. The maximum atomic E-state index is 12.2. The molecule has 2 aromatic carbocycles. The van der Waals surface area contributed by atoms with Crippen LogP contribution >= 0.6 is 11.6 Å². The second-order valence-electron chi connectivity index (χ2n) is 5.22. The largest absolute Gasteiger partial charge is 0.497 e. The van der Waals surface area contributed by atoms with Crippen LogP contribution in [0.15, 0.2) is 48.5 Å². The van der Waals surface area contributed by atoms with Crippen LogP contribution in [0.25, 0.3) is 0 Å². The van der Waals surface area contributed by atoms with Crippen LogP contribution in [0.2, 0.25) is 5.02 Å². The third kappa shape index (κ3) is 4.89. The smallest absolute Gasteiger partial charge is 0.261 e. The summed E-state index contributed by atoms with van der Waals surface area (Å²) in [4.78, 5) is 12.2. The Kier molecular flexibility index (Phi) is 5.88. The molecule has 0 aromatic heterocycles. The van der Waals surface area contributed by atoms with Gasteiger partial charge in [-0.15, -0.1) is 0 Å². The number of halogens is 1. The van der Waals surface area contributed by atoms with Crippen LogP contribution in [-0.4, -0.2) is 19.1 Å². The number of rotatable bonds is 6. The predicted octanol–water partition coefficient (Wildman–Crippen LogP) is 3.99. The molecular formula is C18H20ClNO3. The fourth-order valence-corrected chi connectivity index (χ4v) is 2.20. The Hall–Kier alpha value is -2.20. The Morgan fingerprint density at radius 2 is 1.57 bits per heavy atom. The molecule has 0 bridgehead atoms. The van der Waals surface area contributed by atoms with Gasteiger partial charge in [0.25, 0.3) is 5.91 Å². The number of ether oxygens (including phenoxy) is 2. The maximum absolute atomic E-state index is 12.2. The fraction of sp³-hybridized carbons (Fsp3) is 0.278. The monoisotopic (exact) mass is 333 g/mol. The van der Waals surface area contributed by atoms with Crippen LogP contribution < -0.4 is 14.8 Å². The number of benzene rings is 2. The van der Waals surface area contributed by atoms with E-state index in [9.17, 15) is 4.79 Å². The van der Waals surface area contributed by atoms with Crippen LogP contribution in [0.1, 0.15) is 25.5 Å². The first-order chi connectivity index (χ1) is 11.0. The van der Waals surface area contributed by atoms with Crippen molar-refractivity contribution < 1.29 is 14.3 Å². The van der Waals surface area contributed by atoms with Crippen molar-refractivity contribution in [1.29, 1.82) is 0 Å².